The molecule has 2 N–H and O–H groups in total. The van der Waals surface area contributed by atoms with Crippen molar-refractivity contribution in [3.05, 3.63) is 29.8 Å². The monoisotopic (exact) mass is 234 g/mol. The highest BCUT2D eigenvalue weighted by Crippen LogP contribution is 2.10. The molecule has 0 aliphatic heterocycles. The molecule has 2 amide bonds. The minimum atomic E-state index is -0.137. The minimum Gasteiger partial charge on any atom is -0.338 e. The third-order valence-electron chi connectivity index (χ3n) is 2.42. The van der Waals surface area contributed by atoms with Gasteiger partial charge >= 0.3 is 6.03 Å². The Balaban J connectivity index is 2.43. The molecule has 0 aliphatic rings. The van der Waals surface area contributed by atoms with Crippen LogP contribution in [0.3, 0.4) is 0 Å². The molecule has 0 spiro atoms. The Kier molecular flexibility index (Phi) is 5.53. The van der Waals surface area contributed by atoms with Crippen molar-refractivity contribution in [2.24, 2.45) is 5.92 Å². The number of carbonyl (C=O) groups is 1. The lowest BCUT2D eigenvalue weighted by Gasteiger charge is -2.09. The molecule has 0 unspecified atom stereocenters. The van der Waals surface area contributed by atoms with Gasteiger partial charge < -0.3 is 10.6 Å². The second-order valence-electron chi connectivity index (χ2n) is 4.68. The quantitative estimate of drug-likeness (QED) is 0.805. The summed E-state index contributed by atoms with van der Waals surface area (Å²) in [6.45, 7) is 6.99. The van der Waals surface area contributed by atoms with Gasteiger partial charge in [-0.25, -0.2) is 4.79 Å². The largest absolute Gasteiger partial charge is 0.338 e. The summed E-state index contributed by atoms with van der Waals surface area (Å²) in [5.41, 5.74) is 2.15. The molecule has 3 heteroatoms. The van der Waals surface area contributed by atoms with Crippen LogP contribution in [0.2, 0.25) is 0 Å². The summed E-state index contributed by atoms with van der Waals surface area (Å²) in [5, 5.41) is 5.64. The van der Waals surface area contributed by atoms with E-state index in [0.717, 1.165) is 18.5 Å². The first-order valence-corrected chi connectivity index (χ1v) is 6.25. The van der Waals surface area contributed by atoms with Gasteiger partial charge in [0.2, 0.25) is 0 Å². The van der Waals surface area contributed by atoms with Crippen LogP contribution in [0.4, 0.5) is 10.5 Å². The van der Waals surface area contributed by atoms with Crippen molar-refractivity contribution in [3.63, 3.8) is 0 Å². The van der Waals surface area contributed by atoms with Crippen molar-refractivity contribution in [1.29, 1.82) is 0 Å². The number of urea groups is 1. The van der Waals surface area contributed by atoms with Gasteiger partial charge in [0, 0.05) is 12.2 Å². The zero-order chi connectivity index (χ0) is 12.7. The van der Waals surface area contributed by atoms with E-state index in [1.165, 1.54) is 5.56 Å². The van der Waals surface area contributed by atoms with Gasteiger partial charge in [-0.3, -0.25) is 0 Å². The lowest BCUT2D eigenvalue weighted by Crippen LogP contribution is -2.31. The number of aryl methyl sites for hydroxylation is 1. The van der Waals surface area contributed by atoms with E-state index in [1.54, 1.807) is 0 Å². The fraction of sp³-hybridized carbons (Fsp3) is 0.500. The second kappa shape index (κ2) is 6.94. The minimum absolute atomic E-state index is 0.137. The molecule has 0 radical (unpaired) electrons. The Morgan fingerprint density at radius 2 is 1.88 bits per heavy atom. The number of rotatable bonds is 5. The van der Waals surface area contributed by atoms with E-state index >= 15 is 0 Å². The number of hydrogen-bond acceptors (Lipinski definition) is 1. The van der Waals surface area contributed by atoms with Crippen molar-refractivity contribution < 1.29 is 4.79 Å². The first kappa shape index (κ1) is 13.6. The van der Waals surface area contributed by atoms with Crippen LogP contribution < -0.4 is 10.6 Å². The fourth-order valence-corrected chi connectivity index (χ4v) is 1.52. The lowest BCUT2D eigenvalue weighted by molar-refractivity contribution is 0.251. The average Bonchev–Trinajstić information content (AvgIpc) is 2.29. The summed E-state index contributed by atoms with van der Waals surface area (Å²) in [7, 11) is 0. The standard InChI is InChI=1S/C14H22N2O/c1-4-5-12-6-8-13(9-7-12)16-14(17)15-10-11(2)3/h6-9,11H,4-5,10H2,1-3H3,(H2,15,16,17). The van der Waals surface area contributed by atoms with Gasteiger partial charge in [-0.2, -0.15) is 0 Å². The summed E-state index contributed by atoms with van der Waals surface area (Å²) in [6, 6.07) is 7.87. The average molecular weight is 234 g/mol. The summed E-state index contributed by atoms with van der Waals surface area (Å²) in [5.74, 6) is 0.465. The number of benzene rings is 1. The number of carbonyl (C=O) groups excluding carboxylic acids is 1. The van der Waals surface area contributed by atoms with E-state index in [0.29, 0.717) is 12.5 Å². The van der Waals surface area contributed by atoms with E-state index in [9.17, 15) is 4.79 Å². The van der Waals surface area contributed by atoms with Crippen molar-refractivity contribution >= 4 is 11.7 Å². The Morgan fingerprint density at radius 1 is 1.24 bits per heavy atom. The predicted octanol–water partition coefficient (Wildman–Crippen LogP) is 3.42. The van der Waals surface area contributed by atoms with Crippen LogP contribution in [-0.2, 0) is 6.42 Å². The van der Waals surface area contributed by atoms with Crippen LogP contribution in [0.1, 0.15) is 32.8 Å². The second-order valence-corrected chi connectivity index (χ2v) is 4.68. The highest BCUT2D eigenvalue weighted by Gasteiger charge is 2.02. The molecule has 1 rings (SSSR count). The van der Waals surface area contributed by atoms with E-state index < -0.39 is 0 Å². The summed E-state index contributed by atoms with van der Waals surface area (Å²) in [6.07, 6.45) is 2.22. The van der Waals surface area contributed by atoms with Gasteiger partial charge in [0.05, 0.1) is 0 Å². The highest BCUT2D eigenvalue weighted by atomic mass is 16.2. The maximum absolute atomic E-state index is 11.5. The van der Waals surface area contributed by atoms with Gasteiger partial charge in [0.15, 0.2) is 0 Å². The molecular formula is C14H22N2O. The summed E-state index contributed by atoms with van der Waals surface area (Å²) >= 11 is 0. The Bertz CT molecular complexity index is 344. The van der Waals surface area contributed by atoms with Crippen LogP contribution in [0.25, 0.3) is 0 Å². The maximum Gasteiger partial charge on any atom is 0.319 e. The van der Waals surface area contributed by atoms with Crippen LogP contribution in [-0.4, -0.2) is 12.6 Å². The Hall–Kier alpha value is -1.51. The smallest absolute Gasteiger partial charge is 0.319 e. The molecule has 0 aromatic heterocycles. The third kappa shape index (κ3) is 5.38. The molecule has 1 aromatic rings. The first-order valence-electron chi connectivity index (χ1n) is 6.25. The molecule has 0 fully saturated rings. The predicted molar refractivity (Wildman–Crippen MR) is 72.3 cm³/mol. The Morgan fingerprint density at radius 3 is 2.41 bits per heavy atom. The van der Waals surface area contributed by atoms with E-state index in [4.69, 9.17) is 0 Å². The molecule has 1 aromatic carbocycles. The number of nitrogens with one attached hydrogen (secondary N) is 2. The van der Waals surface area contributed by atoms with E-state index in [1.807, 2.05) is 12.1 Å². The summed E-state index contributed by atoms with van der Waals surface area (Å²) in [4.78, 5) is 11.5. The maximum atomic E-state index is 11.5. The molecule has 0 atom stereocenters. The fourth-order valence-electron chi connectivity index (χ4n) is 1.52. The van der Waals surface area contributed by atoms with Crippen LogP contribution >= 0.6 is 0 Å². The molecule has 0 bridgehead atoms. The van der Waals surface area contributed by atoms with Gasteiger partial charge in [0.25, 0.3) is 0 Å². The van der Waals surface area contributed by atoms with Crippen molar-refractivity contribution in [2.45, 2.75) is 33.6 Å². The molecule has 0 saturated carbocycles. The van der Waals surface area contributed by atoms with Crippen molar-refractivity contribution in [2.75, 3.05) is 11.9 Å². The molecule has 17 heavy (non-hydrogen) atoms. The van der Waals surface area contributed by atoms with Gasteiger partial charge in [0.1, 0.15) is 0 Å². The van der Waals surface area contributed by atoms with Crippen LogP contribution in [0, 0.1) is 5.92 Å². The first-order chi connectivity index (χ1) is 8.11. The zero-order valence-corrected chi connectivity index (χ0v) is 10.9. The SMILES string of the molecule is CCCc1ccc(NC(=O)NCC(C)C)cc1. The molecule has 0 saturated heterocycles. The van der Waals surface area contributed by atoms with E-state index in [2.05, 4.69) is 43.5 Å². The molecular weight excluding hydrogens is 212 g/mol. The zero-order valence-electron chi connectivity index (χ0n) is 10.9. The van der Waals surface area contributed by atoms with Crippen LogP contribution in [0.5, 0.6) is 0 Å². The molecule has 3 nitrogen and oxygen atoms in total. The number of anilines is 1. The van der Waals surface area contributed by atoms with Crippen molar-refractivity contribution in [1.82, 2.24) is 5.32 Å². The van der Waals surface area contributed by atoms with Gasteiger partial charge in [-0.15, -0.1) is 0 Å². The van der Waals surface area contributed by atoms with Crippen LogP contribution in [0.15, 0.2) is 24.3 Å². The molecule has 0 aliphatic carbocycles. The van der Waals surface area contributed by atoms with E-state index in [-0.39, 0.29) is 6.03 Å². The molecule has 94 valence electrons. The topological polar surface area (TPSA) is 41.1 Å². The van der Waals surface area contributed by atoms with Crippen molar-refractivity contribution in [3.8, 4) is 0 Å². The number of hydrogen-bond donors (Lipinski definition) is 2. The normalized spacial score (nSPS) is 10.4. The third-order valence-corrected chi connectivity index (χ3v) is 2.42. The summed E-state index contributed by atoms with van der Waals surface area (Å²) < 4.78 is 0. The number of amides is 2. The molecule has 0 heterocycles. The van der Waals surface area contributed by atoms with Gasteiger partial charge in [-0.05, 0) is 30.0 Å². The van der Waals surface area contributed by atoms with Gasteiger partial charge in [-0.1, -0.05) is 39.3 Å². The Labute approximate surface area is 104 Å². The highest BCUT2D eigenvalue weighted by molar-refractivity contribution is 5.89. The lowest BCUT2D eigenvalue weighted by atomic mass is 10.1.